The summed E-state index contributed by atoms with van der Waals surface area (Å²) < 4.78 is 5.24. The van der Waals surface area contributed by atoms with Crippen LogP contribution in [0.4, 0.5) is 16.3 Å². The molecule has 5 aromatic rings. The van der Waals surface area contributed by atoms with Crippen LogP contribution in [0.15, 0.2) is 97.6 Å². The molecule has 0 radical (unpaired) electrons. The van der Waals surface area contributed by atoms with E-state index in [1.807, 2.05) is 79.7 Å². The summed E-state index contributed by atoms with van der Waals surface area (Å²) >= 11 is 0. The highest BCUT2D eigenvalue weighted by Crippen LogP contribution is 2.28. The molecule has 0 aliphatic heterocycles. The number of hydrogen-bond donors (Lipinski definition) is 3. The lowest BCUT2D eigenvalue weighted by molar-refractivity contribution is 0.102. The van der Waals surface area contributed by atoms with Gasteiger partial charge in [-0.05, 0) is 48.2 Å². The third-order valence-corrected chi connectivity index (χ3v) is 6.44. The number of nitrogens with two attached hydrogens (primary N) is 1. The van der Waals surface area contributed by atoms with Gasteiger partial charge in [0.05, 0.1) is 23.8 Å². The highest BCUT2D eigenvalue weighted by molar-refractivity contribution is 6.07. The molecule has 10 heteroatoms. The predicted octanol–water partition coefficient (Wildman–Crippen LogP) is 5.21. The minimum atomic E-state index is -0.497. The molecule has 2 aromatic carbocycles. The van der Waals surface area contributed by atoms with Crippen LogP contribution in [0.5, 0.6) is 0 Å². The van der Waals surface area contributed by atoms with Crippen molar-refractivity contribution >= 4 is 23.5 Å². The molecular weight excluding hydrogens is 530 g/mol. The number of nitrogen functional groups attached to an aromatic ring is 1. The van der Waals surface area contributed by atoms with Crippen LogP contribution in [0.3, 0.4) is 0 Å². The van der Waals surface area contributed by atoms with Crippen LogP contribution >= 0.6 is 0 Å². The minimum Gasteiger partial charge on any atom is -0.445 e. The van der Waals surface area contributed by atoms with E-state index in [1.54, 1.807) is 18.6 Å². The summed E-state index contributed by atoms with van der Waals surface area (Å²) in [5.74, 6) is -0.480. The van der Waals surface area contributed by atoms with Gasteiger partial charge < -0.3 is 21.1 Å². The lowest BCUT2D eigenvalue weighted by Crippen LogP contribution is -2.26. The van der Waals surface area contributed by atoms with Crippen LogP contribution in [0.1, 0.15) is 27.3 Å². The quantitative estimate of drug-likeness (QED) is 0.223. The zero-order chi connectivity index (χ0) is 29.3. The molecule has 3 aromatic heterocycles. The summed E-state index contributed by atoms with van der Waals surface area (Å²) in [6, 6.07) is 22.8. The first-order valence-corrected chi connectivity index (χ1v) is 13.3. The highest BCUT2D eigenvalue weighted by Gasteiger charge is 2.17. The molecule has 10 nitrogen and oxygen atoms in total. The smallest absolute Gasteiger partial charge is 0.407 e. The van der Waals surface area contributed by atoms with Gasteiger partial charge in [-0.1, -0.05) is 54.6 Å². The van der Waals surface area contributed by atoms with E-state index in [-0.39, 0.29) is 18.1 Å². The molecule has 0 aliphatic rings. The van der Waals surface area contributed by atoms with E-state index in [2.05, 4.69) is 30.6 Å². The number of carbonyl (C=O) groups excluding carboxylic acids is 2. The Morgan fingerprint density at radius 2 is 1.69 bits per heavy atom. The first-order valence-electron chi connectivity index (χ1n) is 13.3. The fourth-order valence-electron chi connectivity index (χ4n) is 4.27. The monoisotopic (exact) mass is 559 g/mol. The van der Waals surface area contributed by atoms with Crippen molar-refractivity contribution in [3.05, 3.63) is 120 Å². The molecule has 0 spiro atoms. The molecule has 5 rings (SSSR count). The number of hydrogen-bond acceptors (Lipinski definition) is 8. The standard InChI is InChI=1S/C32H29N7O3/c1-21-17-25(12-16-35-21)26-13-14-34-18-28(26)39-31(40)29-30(33)37-19-27(38-29)24-9-7-22(8-10-24)11-15-36-32(41)42-20-23-5-3-2-4-6-23/h2-10,12-14,16-19H,11,15,20H2,1H3,(H2,33,37)(H,36,41)(H,39,40). The number of ether oxygens (including phenoxy) is 1. The number of benzene rings is 2. The second kappa shape index (κ2) is 13.1. The van der Waals surface area contributed by atoms with Crippen LogP contribution < -0.4 is 16.4 Å². The van der Waals surface area contributed by atoms with Gasteiger partial charge in [0.2, 0.25) is 0 Å². The fourth-order valence-corrected chi connectivity index (χ4v) is 4.27. The molecule has 42 heavy (non-hydrogen) atoms. The van der Waals surface area contributed by atoms with Gasteiger partial charge in [-0.2, -0.15) is 0 Å². The van der Waals surface area contributed by atoms with E-state index >= 15 is 0 Å². The third-order valence-electron chi connectivity index (χ3n) is 6.44. The molecule has 0 fully saturated rings. The Balaban J connectivity index is 1.21. The predicted molar refractivity (Wildman–Crippen MR) is 160 cm³/mol. The van der Waals surface area contributed by atoms with Gasteiger partial charge in [0.15, 0.2) is 11.5 Å². The lowest BCUT2D eigenvalue weighted by atomic mass is 10.1. The molecule has 0 atom stereocenters. The number of nitrogens with zero attached hydrogens (tertiary/aromatic N) is 4. The number of pyridine rings is 2. The average Bonchev–Trinajstić information content (AvgIpc) is 3.01. The first kappa shape index (κ1) is 27.9. The van der Waals surface area contributed by atoms with E-state index in [0.29, 0.717) is 24.3 Å². The molecule has 3 heterocycles. The van der Waals surface area contributed by atoms with Crippen molar-refractivity contribution in [2.24, 2.45) is 0 Å². The van der Waals surface area contributed by atoms with Crippen molar-refractivity contribution in [2.45, 2.75) is 20.0 Å². The second-order valence-electron chi connectivity index (χ2n) is 9.49. The van der Waals surface area contributed by atoms with Crippen molar-refractivity contribution < 1.29 is 14.3 Å². The number of anilines is 2. The number of carbonyl (C=O) groups is 2. The third kappa shape index (κ3) is 7.11. The van der Waals surface area contributed by atoms with Crippen LogP contribution in [0.2, 0.25) is 0 Å². The van der Waals surface area contributed by atoms with Gasteiger partial charge in [-0.25, -0.2) is 14.8 Å². The van der Waals surface area contributed by atoms with E-state index < -0.39 is 12.0 Å². The largest absolute Gasteiger partial charge is 0.445 e. The van der Waals surface area contributed by atoms with Gasteiger partial charge in [0, 0.05) is 35.8 Å². The Morgan fingerprint density at radius 1 is 0.881 bits per heavy atom. The van der Waals surface area contributed by atoms with E-state index in [9.17, 15) is 9.59 Å². The molecule has 0 aliphatic carbocycles. The topological polar surface area (TPSA) is 145 Å². The zero-order valence-corrected chi connectivity index (χ0v) is 22.9. The van der Waals surface area contributed by atoms with Gasteiger partial charge in [-0.3, -0.25) is 14.8 Å². The summed E-state index contributed by atoms with van der Waals surface area (Å²) in [5.41, 5.74) is 12.3. The van der Waals surface area contributed by atoms with Crippen LogP contribution in [0.25, 0.3) is 22.4 Å². The van der Waals surface area contributed by atoms with E-state index in [1.165, 1.54) is 6.20 Å². The van der Waals surface area contributed by atoms with Gasteiger partial charge >= 0.3 is 6.09 Å². The average molecular weight is 560 g/mol. The van der Waals surface area contributed by atoms with E-state index in [4.69, 9.17) is 10.5 Å². The maximum absolute atomic E-state index is 13.2. The molecule has 0 unspecified atom stereocenters. The number of nitrogens with one attached hydrogen (secondary N) is 2. The number of alkyl carbamates (subject to hydrolysis) is 1. The van der Waals surface area contributed by atoms with Crippen molar-refractivity contribution in [1.82, 2.24) is 25.3 Å². The summed E-state index contributed by atoms with van der Waals surface area (Å²) in [5, 5.41) is 5.64. The van der Waals surface area contributed by atoms with Gasteiger partial charge in [0.1, 0.15) is 6.61 Å². The molecule has 2 amide bonds. The van der Waals surface area contributed by atoms with Gasteiger partial charge in [-0.15, -0.1) is 0 Å². The molecule has 0 saturated carbocycles. The molecule has 210 valence electrons. The molecule has 0 saturated heterocycles. The van der Waals surface area contributed by atoms with Crippen molar-refractivity contribution in [3.8, 4) is 22.4 Å². The van der Waals surface area contributed by atoms with Crippen molar-refractivity contribution in [1.29, 1.82) is 0 Å². The van der Waals surface area contributed by atoms with Crippen LogP contribution in [-0.2, 0) is 17.8 Å². The molecule has 0 bridgehead atoms. The summed E-state index contributed by atoms with van der Waals surface area (Å²) in [6.07, 6.45) is 6.63. The molecule has 4 N–H and O–H groups in total. The Labute approximate surface area is 243 Å². The number of rotatable bonds is 9. The summed E-state index contributed by atoms with van der Waals surface area (Å²) in [4.78, 5) is 42.3. The minimum absolute atomic E-state index is 0.00973. The zero-order valence-electron chi connectivity index (χ0n) is 22.9. The SMILES string of the molecule is Cc1cc(-c2ccncc2NC(=O)c2nc(-c3ccc(CCNC(=O)OCc4ccccc4)cc3)cnc2N)ccn1. The normalized spacial score (nSPS) is 10.6. The first-order chi connectivity index (χ1) is 20.5. The molecular formula is C32H29N7O3. The van der Waals surface area contributed by atoms with Crippen molar-refractivity contribution in [3.63, 3.8) is 0 Å². The lowest BCUT2D eigenvalue weighted by Gasteiger charge is -2.12. The number of aromatic nitrogens is 4. The Morgan fingerprint density at radius 3 is 2.48 bits per heavy atom. The van der Waals surface area contributed by atoms with Crippen molar-refractivity contribution in [2.75, 3.05) is 17.6 Å². The number of amides is 2. The highest BCUT2D eigenvalue weighted by atomic mass is 16.5. The fraction of sp³-hybridized carbons (Fsp3) is 0.125. The Bertz CT molecular complexity index is 1690. The van der Waals surface area contributed by atoms with Crippen LogP contribution in [0, 0.1) is 6.92 Å². The maximum atomic E-state index is 13.2. The maximum Gasteiger partial charge on any atom is 0.407 e. The summed E-state index contributed by atoms with van der Waals surface area (Å²) in [6.45, 7) is 2.55. The Hall–Kier alpha value is -5.64. The van der Waals surface area contributed by atoms with E-state index in [0.717, 1.165) is 33.5 Å². The number of aryl methyl sites for hydroxylation is 1. The van der Waals surface area contributed by atoms with Crippen LogP contribution in [-0.4, -0.2) is 38.5 Å². The Kier molecular flexibility index (Phi) is 8.73. The second-order valence-corrected chi connectivity index (χ2v) is 9.49. The van der Waals surface area contributed by atoms with Gasteiger partial charge in [0.25, 0.3) is 5.91 Å². The summed E-state index contributed by atoms with van der Waals surface area (Å²) in [7, 11) is 0.